The molecular formula is C6H10N2S. The Morgan fingerprint density at radius 3 is 3.00 bits per heavy atom. The Bertz CT molecular complexity index is 160. The van der Waals surface area contributed by atoms with Crippen LogP contribution in [0.3, 0.4) is 0 Å². The molecule has 1 aromatic rings. The van der Waals surface area contributed by atoms with Gasteiger partial charge < -0.3 is 0 Å². The molecule has 0 aromatic carbocycles. The van der Waals surface area contributed by atoms with E-state index in [1.807, 2.05) is 12.3 Å². The van der Waals surface area contributed by atoms with Gasteiger partial charge in [0.05, 0.1) is 0 Å². The van der Waals surface area contributed by atoms with E-state index in [-0.39, 0.29) is 6.04 Å². The molecule has 50 valence electrons. The average molecular weight is 142 g/mol. The van der Waals surface area contributed by atoms with E-state index in [1.165, 1.54) is 5.56 Å². The molecule has 1 unspecified atom stereocenters. The summed E-state index contributed by atoms with van der Waals surface area (Å²) >= 11 is 1.69. The highest BCUT2D eigenvalue weighted by atomic mass is 32.1. The lowest BCUT2D eigenvalue weighted by Gasteiger charge is -2.05. The number of nitrogens with two attached hydrogens (primary N) is 1. The molecule has 1 heterocycles. The molecular weight excluding hydrogens is 132 g/mol. The third kappa shape index (κ3) is 1.51. The van der Waals surface area contributed by atoms with Crippen molar-refractivity contribution in [2.45, 2.75) is 13.0 Å². The smallest absolute Gasteiger partial charge is 0.0440 e. The second kappa shape index (κ2) is 2.96. The summed E-state index contributed by atoms with van der Waals surface area (Å²) in [5.41, 5.74) is 3.93. The third-order valence-electron chi connectivity index (χ3n) is 1.29. The molecule has 1 aromatic heterocycles. The molecule has 1 rings (SSSR count). The Morgan fingerprint density at radius 2 is 2.56 bits per heavy atom. The van der Waals surface area contributed by atoms with Crippen LogP contribution in [0.2, 0.25) is 0 Å². The minimum absolute atomic E-state index is 0.274. The van der Waals surface area contributed by atoms with Crippen LogP contribution in [0.4, 0.5) is 0 Å². The van der Waals surface area contributed by atoms with Gasteiger partial charge in [0.1, 0.15) is 0 Å². The SMILES string of the molecule is CC(NN)c1ccsc1. The van der Waals surface area contributed by atoms with E-state index >= 15 is 0 Å². The second-order valence-electron chi connectivity index (χ2n) is 1.95. The maximum Gasteiger partial charge on any atom is 0.0440 e. The van der Waals surface area contributed by atoms with E-state index < -0.39 is 0 Å². The van der Waals surface area contributed by atoms with Gasteiger partial charge in [-0.2, -0.15) is 11.3 Å². The molecule has 0 aliphatic rings. The second-order valence-corrected chi connectivity index (χ2v) is 2.73. The number of nitrogens with one attached hydrogen (secondary N) is 1. The fourth-order valence-corrected chi connectivity index (χ4v) is 1.37. The minimum atomic E-state index is 0.274. The Morgan fingerprint density at radius 1 is 1.78 bits per heavy atom. The number of rotatable bonds is 2. The fourth-order valence-electron chi connectivity index (χ4n) is 0.618. The van der Waals surface area contributed by atoms with Crippen LogP contribution in [-0.4, -0.2) is 0 Å². The van der Waals surface area contributed by atoms with Crippen molar-refractivity contribution in [3.63, 3.8) is 0 Å². The molecule has 0 aliphatic carbocycles. The highest BCUT2D eigenvalue weighted by molar-refractivity contribution is 7.07. The van der Waals surface area contributed by atoms with Gasteiger partial charge in [-0.05, 0) is 29.3 Å². The minimum Gasteiger partial charge on any atom is -0.271 e. The monoisotopic (exact) mass is 142 g/mol. The first kappa shape index (κ1) is 6.74. The molecule has 1 atom stereocenters. The topological polar surface area (TPSA) is 38.0 Å². The highest BCUT2D eigenvalue weighted by Gasteiger charge is 1.99. The number of hydrazine groups is 1. The lowest BCUT2D eigenvalue weighted by atomic mass is 10.2. The Balaban J connectivity index is 2.65. The van der Waals surface area contributed by atoms with Gasteiger partial charge in [-0.3, -0.25) is 11.3 Å². The van der Waals surface area contributed by atoms with Gasteiger partial charge in [0.25, 0.3) is 0 Å². The van der Waals surface area contributed by atoms with Crippen LogP contribution >= 0.6 is 11.3 Å². The zero-order valence-corrected chi connectivity index (χ0v) is 6.11. The van der Waals surface area contributed by atoms with Crippen molar-refractivity contribution in [2.24, 2.45) is 5.84 Å². The summed E-state index contributed by atoms with van der Waals surface area (Å²) in [5, 5.41) is 4.13. The van der Waals surface area contributed by atoms with Crippen LogP contribution in [0, 0.1) is 0 Å². The van der Waals surface area contributed by atoms with Crippen LogP contribution in [0.15, 0.2) is 16.8 Å². The van der Waals surface area contributed by atoms with Crippen LogP contribution in [0.25, 0.3) is 0 Å². The van der Waals surface area contributed by atoms with Gasteiger partial charge in [-0.15, -0.1) is 0 Å². The highest BCUT2D eigenvalue weighted by Crippen LogP contribution is 2.13. The van der Waals surface area contributed by atoms with Gasteiger partial charge in [0, 0.05) is 6.04 Å². The Hall–Kier alpha value is -0.380. The van der Waals surface area contributed by atoms with Gasteiger partial charge in [0.15, 0.2) is 0 Å². The van der Waals surface area contributed by atoms with E-state index in [1.54, 1.807) is 11.3 Å². The van der Waals surface area contributed by atoms with Gasteiger partial charge in [-0.1, -0.05) is 0 Å². The van der Waals surface area contributed by atoms with E-state index in [2.05, 4.69) is 16.9 Å². The van der Waals surface area contributed by atoms with Crippen LogP contribution in [0.5, 0.6) is 0 Å². The predicted molar refractivity (Wildman–Crippen MR) is 40.1 cm³/mol. The summed E-state index contributed by atoms with van der Waals surface area (Å²) in [6.07, 6.45) is 0. The number of thiophene rings is 1. The predicted octanol–water partition coefficient (Wildman–Crippen LogP) is 1.27. The normalized spacial score (nSPS) is 13.6. The van der Waals surface area contributed by atoms with Crippen molar-refractivity contribution < 1.29 is 0 Å². The largest absolute Gasteiger partial charge is 0.271 e. The first-order valence-corrected chi connectivity index (χ1v) is 3.77. The van der Waals surface area contributed by atoms with E-state index in [4.69, 9.17) is 5.84 Å². The van der Waals surface area contributed by atoms with Crippen molar-refractivity contribution >= 4 is 11.3 Å². The number of hydrogen-bond acceptors (Lipinski definition) is 3. The Kier molecular flexibility index (Phi) is 2.22. The Labute approximate surface area is 58.7 Å². The van der Waals surface area contributed by atoms with Crippen LogP contribution < -0.4 is 11.3 Å². The van der Waals surface area contributed by atoms with Crippen molar-refractivity contribution in [1.82, 2.24) is 5.43 Å². The van der Waals surface area contributed by atoms with Gasteiger partial charge >= 0.3 is 0 Å². The number of hydrogen-bond donors (Lipinski definition) is 2. The molecule has 0 spiro atoms. The maximum atomic E-state index is 5.22. The molecule has 0 fully saturated rings. The molecule has 9 heavy (non-hydrogen) atoms. The molecule has 2 nitrogen and oxygen atoms in total. The van der Waals surface area contributed by atoms with E-state index in [0.717, 1.165) is 0 Å². The molecule has 3 N–H and O–H groups in total. The van der Waals surface area contributed by atoms with E-state index in [0.29, 0.717) is 0 Å². The quantitative estimate of drug-likeness (QED) is 0.482. The van der Waals surface area contributed by atoms with Crippen molar-refractivity contribution in [3.8, 4) is 0 Å². The maximum absolute atomic E-state index is 5.22. The molecule has 0 bridgehead atoms. The fraction of sp³-hybridized carbons (Fsp3) is 0.333. The molecule has 0 amide bonds. The third-order valence-corrected chi connectivity index (χ3v) is 1.99. The lowest BCUT2D eigenvalue weighted by Crippen LogP contribution is -2.25. The van der Waals surface area contributed by atoms with Crippen molar-refractivity contribution in [1.29, 1.82) is 0 Å². The summed E-state index contributed by atoms with van der Waals surface area (Å²) in [6.45, 7) is 2.03. The van der Waals surface area contributed by atoms with Gasteiger partial charge in [-0.25, -0.2) is 0 Å². The summed E-state index contributed by atoms with van der Waals surface area (Å²) < 4.78 is 0. The van der Waals surface area contributed by atoms with Crippen molar-refractivity contribution in [2.75, 3.05) is 0 Å². The standard InChI is InChI=1S/C6H10N2S/c1-5(8-7)6-2-3-9-4-6/h2-5,8H,7H2,1H3. The van der Waals surface area contributed by atoms with Crippen LogP contribution in [0.1, 0.15) is 18.5 Å². The molecule has 3 heteroatoms. The summed E-state index contributed by atoms with van der Waals surface area (Å²) in [6, 6.07) is 2.34. The first-order chi connectivity index (χ1) is 4.34. The molecule has 0 radical (unpaired) electrons. The molecule has 0 saturated carbocycles. The summed E-state index contributed by atoms with van der Waals surface area (Å²) in [7, 11) is 0. The lowest BCUT2D eigenvalue weighted by molar-refractivity contribution is 0.604. The zero-order chi connectivity index (χ0) is 6.69. The molecule has 0 saturated heterocycles. The summed E-state index contributed by atoms with van der Waals surface area (Å²) in [4.78, 5) is 0. The van der Waals surface area contributed by atoms with Crippen molar-refractivity contribution in [3.05, 3.63) is 22.4 Å². The average Bonchev–Trinajstić information content (AvgIpc) is 2.37. The van der Waals surface area contributed by atoms with Crippen LogP contribution in [-0.2, 0) is 0 Å². The molecule has 0 aliphatic heterocycles. The summed E-state index contributed by atoms with van der Waals surface area (Å²) in [5.74, 6) is 5.22. The zero-order valence-electron chi connectivity index (χ0n) is 5.29. The van der Waals surface area contributed by atoms with Gasteiger partial charge in [0.2, 0.25) is 0 Å². The van der Waals surface area contributed by atoms with E-state index in [9.17, 15) is 0 Å². The first-order valence-electron chi connectivity index (χ1n) is 2.83.